The molecule has 2 heterocycles. The molecule has 0 atom stereocenters. The Morgan fingerprint density at radius 3 is 2.71 bits per heavy atom. The molecular formula is C9H9FN2O4S. The van der Waals surface area contributed by atoms with E-state index in [1.807, 2.05) is 0 Å². The van der Waals surface area contributed by atoms with E-state index in [1.165, 1.54) is 12.3 Å². The zero-order valence-electron chi connectivity index (χ0n) is 8.58. The molecule has 0 amide bonds. The number of aliphatic carboxylic acids is 1. The summed E-state index contributed by atoms with van der Waals surface area (Å²) in [5, 5.41) is 7.97. The highest BCUT2D eigenvalue weighted by molar-refractivity contribution is 7.89. The van der Waals surface area contributed by atoms with Crippen molar-refractivity contribution in [3.05, 3.63) is 24.1 Å². The Hall–Kier alpha value is -1.54. The van der Waals surface area contributed by atoms with Gasteiger partial charge in [0, 0.05) is 19.3 Å². The maximum Gasteiger partial charge on any atom is 0.309 e. The molecule has 1 saturated heterocycles. The number of carbonyl (C=O) groups is 1. The predicted molar refractivity (Wildman–Crippen MR) is 54.1 cm³/mol. The second kappa shape index (κ2) is 4.04. The number of rotatable bonds is 3. The normalized spacial score (nSPS) is 17.7. The van der Waals surface area contributed by atoms with Crippen LogP contribution in [0.15, 0.2) is 23.4 Å². The fourth-order valence-corrected chi connectivity index (χ4v) is 2.98. The summed E-state index contributed by atoms with van der Waals surface area (Å²) < 4.78 is 37.8. The predicted octanol–water partition coefficient (Wildman–Crippen LogP) is -0.0742. The van der Waals surface area contributed by atoms with Crippen molar-refractivity contribution >= 4 is 16.0 Å². The van der Waals surface area contributed by atoms with Gasteiger partial charge < -0.3 is 5.11 Å². The summed E-state index contributed by atoms with van der Waals surface area (Å²) in [7, 11) is -4.02. The molecule has 0 radical (unpaired) electrons. The molecular weight excluding hydrogens is 251 g/mol. The van der Waals surface area contributed by atoms with Crippen LogP contribution in [-0.4, -0.2) is 41.9 Å². The van der Waals surface area contributed by atoms with Crippen LogP contribution in [-0.2, 0) is 14.8 Å². The van der Waals surface area contributed by atoms with E-state index in [2.05, 4.69) is 4.98 Å². The van der Waals surface area contributed by atoms with Crippen molar-refractivity contribution in [3.63, 3.8) is 0 Å². The van der Waals surface area contributed by atoms with Crippen molar-refractivity contribution in [1.82, 2.24) is 9.29 Å². The van der Waals surface area contributed by atoms with Gasteiger partial charge in [0.25, 0.3) is 10.0 Å². The number of sulfonamides is 1. The molecule has 0 bridgehead atoms. The van der Waals surface area contributed by atoms with E-state index in [-0.39, 0.29) is 13.1 Å². The van der Waals surface area contributed by atoms with Gasteiger partial charge in [-0.25, -0.2) is 17.8 Å². The third-order valence-electron chi connectivity index (χ3n) is 2.51. The molecule has 1 aliphatic rings. The third kappa shape index (κ3) is 2.01. The monoisotopic (exact) mass is 260 g/mol. The van der Waals surface area contributed by atoms with E-state index in [0.29, 0.717) is 0 Å². The Kier molecular flexibility index (Phi) is 2.84. The molecule has 1 aliphatic heterocycles. The number of halogens is 1. The highest BCUT2D eigenvalue weighted by atomic mass is 32.2. The largest absolute Gasteiger partial charge is 0.481 e. The number of hydrogen-bond donors (Lipinski definition) is 1. The maximum atomic E-state index is 13.3. The Bertz CT molecular complexity index is 554. The van der Waals surface area contributed by atoms with Crippen LogP contribution >= 0.6 is 0 Å². The third-order valence-corrected chi connectivity index (χ3v) is 4.27. The van der Waals surface area contributed by atoms with Crippen molar-refractivity contribution < 1.29 is 22.7 Å². The van der Waals surface area contributed by atoms with Crippen molar-refractivity contribution in [2.24, 2.45) is 5.92 Å². The fourth-order valence-electron chi connectivity index (χ4n) is 1.47. The van der Waals surface area contributed by atoms with E-state index in [1.54, 1.807) is 0 Å². The second-order valence-electron chi connectivity index (χ2n) is 3.65. The molecule has 17 heavy (non-hydrogen) atoms. The average Bonchev–Trinajstić information content (AvgIpc) is 2.14. The first-order valence-electron chi connectivity index (χ1n) is 4.76. The van der Waals surface area contributed by atoms with Gasteiger partial charge in [0.15, 0.2) is 5.82 Å². The van der Waals surface area contributed by atoms with Gasteiger partial charge in [-0.05, 0) is 12.1 Å². The van der Waals surface area contributed by atoms with Gasteiger partial charge in [0.1, 0.15) is 0 Å². The summed E-state index contributed by atoms with van der Waals surface area (Å²) in [5.74, 6) is -2.72. The molecule has 1 aromatic heterocycles. The summed E-state index contributed by atoms with van der Waals surface area (Å²) in [6.45, 7) is -0.290. The maximum absolute atomic E-state index is 13.3. The number of nitrogens with zero attached hydrogens (tertiary/aromatic N) is 2. The summed E-state index contributed by atoms with van der Waals surface area (Å²) in [5.41, 5.74) is 0. The van der Waals surface area contributed by atoms with Gasteiger partial charge in [0.05, 0.1) is 5.92 Å². The Morgan fingerprint density at radius 1 is 1.53 bits per heavy atom. The molecule has 2 rings (SSSR count). The minimum atomic E-state index is -4.02. The van der Waals surface area contributed by atoms with Crippen LogP contribution in [0.1, 0.15) is 0 Å². The topological polar surface area (TPSA) is 87.6 Å². The standard InChI is InChI=1S/C9H9FN2O4S/c10-7-2-1-3-11-8(7)17(15,16)12-4-6(5-12)9(13)14/h1-3,6H,4-5H2,(H,13,14). The van der Waals surface area contributed by atoms with Gasteiger partial charge >= 0.3 is 5.97 Å². The van der Waals surface area contributed by atoms with Crippen LogP contribution in [0.2, 0.25) is 0 Å². The molecule has 0 unspecified atom stereocenters. The molecule has 0 spiro atoms. The van der Waals surface area contributed by atoms with E-state index in [0.717, 1.165) is 10.4 Å². The molecule has 1 fully saturated rings. The Labute approximate surface area is 96.7 Å². The van der Waals surface area contributed by atoms with Crippen LogP contribution in [0.25, 0.3) is 0 Å². The number of aromatic nitrogens is 1. The van der Waals surface area contributed by atoms with Crippen LogP contribution in [0, 0.1) is 11.7 Å². The van der Waals surface area contributed by atoms with Crippen LogP contribution in [0.4, 0.5) is 4.39 Å². The summed E-state index contributed by atoms with van der Waals surface area (Å²) in [4.78, 5) is 14.0. The van der Waals surface area contributed by atoms with Crippen LogP contribution in [0.3, 0.4) is 0 Å². The highest BCUT2D eigenvalue weighted by Crippen LogP contribution is 2.25. The molecule has 0 saturated carbocycles. The quantitative estimate of drug-likeness (QED) is 0.821. The van der Waals surface area contributed by atoms with E-state index >= 15 is 0 Å². The molecule has 0 aromatic carbocycles. The van der Waals surface area contributed by atoms with Crippen molar-refractivity contribution in [2.75, 3.05) is 13.1 Å². The molecule has 6 nitrogen and oxygen atoms in total. The number of hydrogen-bond acceptors (Lipinski definition) is 4. The molecule has 1 aromatic rings. The molecule has 1 N–H and O–H groups in total. The summed E-state index contributed by atoms with van der Waals surface area (Å²) >= 11 is 0. The molecule has 8 heteroatoms. The minimum absolute atomic E-state index is 0.145. The van der Waals surface area contributed by atoms with Gasteiger partial charge in [-0.3, -0.25) is 4.79 Å². The van der Waals surface area contributed by atoms with Gasteiger partial charge in [-0.2, -0.15) is 4.31 Å². The zero-order valence-corrected chi connectivity index (χ0v) is 9.39. The second-order valence-corrected chi connectivity index (χ2v) is 5.50. The van der Waals surface area contributed by atoms with Crippen molar-refractivity contribution in [3.8, 4) is 0 Å². The van der Waals surface area contributed by atoms with Crippen LogP contribution < -0.4 is 0 Å². The lowest BCUT2D eigenvalue weighted by Gasteiger charge is -2.34. The first-order valence-corrected chi connectivity index (χ1v) is 6.20. The number of carboxylic acids is 1. The molecule has 0 aliphatic carbocycles. The first-order chi connectivity index (χ1) is 7.93. The highest BCUT2D eigenvalue weighted by Gasteiger charge is 2.42. The number of pyridine rings is 1. The smallest absolute Gasteiger partial charge is 0.309 e. The van der Waals surface area contributed by atoms with E-state index in [4.69, 9.17) is 5.11 Å². The zero-order chi connectivity index (χ0) is 12.6. The van der Waals surface area contributed by atoms with E-state index in [9.17, 15) is 17.6 Å². The lowest BCUT2D eigenvalue weighted by molar-refractivity contribution is -0.145. The minimum Gasteiger partial charge on any atom is -0.481 e. The summed E-state index contributed by atoms with van der Waals surface area (Å²) in [6, 6.07) is 2.28. The van der Waals surface area contributed by atoms with Crippen LogP contribution in [0.5, 0.6) is 0 Å². The van der Waals surface area contributed by atoms with Gasteiger partial charge in [0.2, 0.25) is 5.03 Å². The average molecular weight is 260 g/mol. The Balaban J connectivity index is 2.23. The lowest BCUT2D eigenvalue weighted by atomic mass is 10.0. The van der Waals surface area contributed by atoms with Gasteiger partial charge in [-0.1, -0.05) is 0 Å². The van der Waals surface area contributed by atoms with Crippen molar-refractivity contribution in [2.45, 2.75) is 5.03 Å². The first kappa shape index (κ1) is 11.9. The lowest BCUT2D eigenvalue weighted by Crippen LogP contribution is -2.53. The summed E-state index contributed by atoms with van der Waals surface area (Å²) in [6.07, 6.45) is 1.17. The number of carboxylic acid groups (broad SMARTS) is 1. The Morgan fingerprint density at radius 2 is 2.18 bits per heavy atom. The SMILES string of the molecule is O=C(O)C1CN(S(=O)(=O)c2ncccc2F)C1. The molecule has 92 valence electrons. The van der Waals surface area contributed by atoms with Gasteiger partial charge in [-0.15, -0.1) is 0 Å². The fraction of sp³-hybridized carbons (Fsp3) is 0.333. The van der Waals surface area contributed by atoms with E-state index < -0.39 is 32.8 Å². The van der Waals surface area contributed by atoms with Crippen molar-refractivity contribution in [1.29, 1.82) is 0 Å².